The van der Waals surface area contributed by atoms with Gasteiger partial charge in [-0.1, -0.05) is 29.8 Å². The zero-order valence-electron chi connectivity index (χ0n) is 13.1. The molecule has 0 radical (unpaired) electrons. The van der Waals surface area contributed by atoms with E-state index in [0.29, 0.717) is 18.4 Å². The molecule has 0 saturated carbocycles. The third-order valence-electron chi connectivity index (χ3n) is 4.42. The molecule has 3 nitrogen and oxygen atoms in total. The van der Waals surface area contributed by atoms with Crippen molar-refractivity contribution < 1.29 is 4.79 Å². The third kappa shape index (κ3) is 4.18. The van der Waals surface area contributed by atoms with E-state index in [-0.39, 0.29) is 18.4 Å². The molecule has 2 fully saturated rings. The van der Waals surface area contributed by atoms with E-state index in [2.05, 4.69) is 41.4 Å². The highest BCUT2D eigenvalue weighted by Gasteiger charge is 2.31. The van der Waals surface area contributed by atoms with Crippen LogP contribution in [0.25, 0.3) is 0 Å². The van der Waals surface area contributed by atoms with Crippen LogP contribution in [0, 0.1) is 6.92 Å². The second-order valence-electron chi connectivity index (χ2n) is 6.09. The van der Waals surface area contributed by atoms with Crippen molar-refractivity contribution in [3.05, 3.63) is 35.4 Å². The van der Waals surface area contributed by atoms with E-state index < -0.39 is 0 Å². The van der Waals surface area contributed by atoms with Crippen LogP contribution < -0.4 is 5.32 Å². The van der Waals surface area contributed by atoms with Crippen molar-refractivity contribution in [3.8, 4) is 0 Å². The summed E-state index contributed by atoms with van der Waals surface area (Å²) in [6, 6.07) is 9.26. The highest BCUT2D eigenvalue weighted by atomic mass is 35.5. The summed E-state index contributed by atoms with van der Waals surface area (Å²) >= 11 is 1.95. The van der Waals surface area contributed by atoms with Crippen molar-refractivity contribution in [2.24, 2.45) is 0 Å². The van der Waals surface area contributed by atoms with Gasteiger partial charge in [0.25, 0.3) is 0 Å². The normalized spacial score (nSPS) is 24.9. The number of nitrogens with one attached hydrogen (secondary N) is 1. The molecule has 1 aromatic carbocycles. The van der Waals surface area contributed by atoms with Gasteiger partial charge >= 0.3 is 0 Å². The lowest BCUT2D eigenvalue weighted by molar-refractivity contribution is -0.132. The van der Waals surface area contributed by atoms with Crippen LogP contribution in [-0.4, -0.2) is 41.4 Å². The van der Waals surface area contributed by atoms with Gasteiger partial charge in [0, 0.05) is 37.1 Å². The summed E-state index contributed by atoms with van der Waals surface area (Å²) in [6.45, 7) is 4.06. The molecule has 1 amide bonds. The number of halogens is 1. The number of carbonyl (C=O) groups excluding carboxylic acids is 1. The van der Waals surface area contributed by atoms with E-state index >= 15 is 0 Å². The maximum atomic E-state index is 12.7. The van der Waals surface area contributed by atoms with Crippen LogP contribution in [0.3, 0.4) is 0 Å². The number of nitrogens with zero attached hydrogens (tertiary/aromatic N) is 1. The van der Waals surface area contributed by atoms with Crippen molar-refractivity contribution in [2.45, 2.75) is 38.3 Å². The molecular formula is C17H25ClN2OS. The molecule has 2 heterocycles. The van der Waals surface area contributed by atoms with Crippen LogP contribution >= 0.6 is 24.2 Å². The standard InChI is InChI=1S/C17H24N2OS.ClH/c1-13-4-2-5-14(10-13)16-6-3-8-19(16)17(20)11-15-12-21-9-7-18-15;/h2,4-5,10,15-16,18H,3,6-9,11-12H2,1H3;1H. The highest BCUT2D eigenvalue weighted by Crippen LogP contribution is 2.33. The van der Waals surface area contributed by atoms with E-state index in [1.165, 1.54) is 16.9 Å². The van der Waals surface area contributed by atoms with E-state index in [1.54, 1.807) is 0 Å². The molecule has 0 bridgehead atoms. The zero-order valence-corrected chi connectivity index (χ0v) is 14.7. The Bertz CT molecular complexity index is 505. The predicted octanol–water partition coefficient (Wildman–Crippen LogP) is 3.18. The monoisotopic (exact) mass is 340 g/mol. The summed E-state index contributed by atoms with van der Waals surface area (Å²) in [5.74, 6) is 2.55. The molecule has 22 heavy (non-hydrogen) atoms. The number of benzene rings is 1. The van der Waals surface area contributed by atoms with Gasteiger partial charge in [0.2, 0.25) is 5.91 Å². The van der Waals surface area contributed by atoms with Crippen LogP contribution in [0.5, 0.6) is 0 Å². The van der Waals surface area contributed by atoms with Gasteiger partial charge in [0.1, 0.15) is 0 Å². The van der Waals surface area contributed by atoms with Gasteiger partial charge in [-0.2, -0.15) is 11.8 Å². The quantitative estimate of drug-likeness (QED) is 0.917. The number of likely N-dealkylation sites (tertiary alicyclic amines) is 1. The predicted molar refractivity (Wildman–Crippen MR) is 95.8 cm³/mol. The van der Waals surface area contributed by atoms with Crippen LogP contribution in [0.4, 0.5) is 0 Å². The van der Waals surface area contributed by atoms with Gasteiger partial charge in [0.15, 0.2) is 0 Å². The first kappa shape index (κ1) is 17.6. The molecular weight excluding hydrogens is 316 g/mol. The Morgan fingerprint density at radius 2 is 2.32 bits per heavy atom. The molecule has 1 aromatic rings. The molecule has 122 valence electrons. The Labute approximate surface area is 143 Å². The Morgan fingerprint density at radius 1 is 1.45 bits per heavy atom. The van der Waals surface area contributed by atoms with E-state index in [9.17, 15) is 4.79 Å². The van der Waals surface area contributed by atoms with Crippen molar-refractivity contribution in [3.63, 3.8) is 0 Å². The average Bonchev–Trinajstić information content (AvgIpc) is 2.98. The number of carbonyl (C=O) groups is 1. The first-order valence-electron chi connectivity index (χ1n) is 7.91. The summed E-state index contributed by atoms with van der Waals surface area (Å²) in [5.41, 5.74) is 2.57. The molecule has 2 atom stereocenters. The van der Waals surface area contributed by atoms with E-state index in [1.807, 2.05) is 11.8 Å². The number of rotatable bonds is 3. The van der Waals surface area contributed by atoms with Gasteiger partial charge in [-0.05, 0) is 25.3 Å². The van der Waals surface area contributed by atoms with Gasteiger partial charge in [-0.25, -0.2) is 0 Å². The highest BCUT2D eigenvalue weighted by molar-refractivity contribution is 7.99. The fourth-order valence-corrected chi connectivity index (χ4v) is 4.32. The first-order chi connectivity index (χ1) is 10.2. The van der Waals surface area contributed by atoms with E-state index in [4.69, 9.17) is 0 Å². The number of thioether (sulfide) groups is 1. The Kier molecular flexibility index (Phi) is 6.60. The lowest BCUT2D eigenvalue weighted by Gasteiger charge is -2.29. The largest absolute Gasteiger partial charge is 0.336 e. The summed E-state index contributed by atoms with van der Waals surface area (Å²) in [4.78, 5) is 14.8. The lowest BCUT2D eigenvalue weighted by atomic mass is 10.0. The molecule has 0 aliphatic carbocycles. The minimum absolute atomic E-state index is 0. The summed E-state index contributed by atoms with van der Waals surface area (Å²) in [5, 5.41) is 3.47. The molecule has 2 unspecified atom stereocenters. The minimum atomic E-state index is 0. The van der Waals surface area contributed by atoms with Crippen LogP contribution in [0.15, 0.2) is 24.3 Å². The summed E-state index contributed by atoms with van der Waals surface area (Å²) < 4.78 is 0. The summed E-state index contributed by atoms with van der Waals surface area (Å²) in [7, 11) is 0. The first-order valence-corrected chi connectivity index (χ1v) is 9.06. The topological polar surface area (TPSA) is 32.3 Å². The van der Waals surface area contributed by atoms with Gasteiger partial charge in [-0.3, -0.25) is 4.79 Å². The second-order valence-corrected chi connectivity index (χ2v) is 7.24. The Hall–Kier alpha value is -0.710. The lowest BCUT2D eigenvalue weighted by Crippen LogP contribution is -2.42. The zero-order chi connectivity index (χ0) is 14.7. The maximum Gasteiger partial charge on any atom is 0.224 e. The molecule has 5 heteroatoms. The molecule has 0 spiro atoms. The molecule has 2 saturated heterocycles. The molecule has 1 N–H and O–H groups in total. The average molecular weight is 341 g/mol. The maximum absolute atomic E-state index is 12.7. The molecule has 2 aliphatic heterocycles. The SMILES string of the molecule is Cc1cccc(C2CCCN2C(=O)CC2CSCCN2)c1.Cl. The number of hydrogen-bond donors (Lipinski definition) is 1. The number of hydrogen-bond acceptors (Lipinski definition) is 3. The fourth-order valence-electron chi connectivity index (χ4n) is 3.37. The van der Waals surface area contributed by atoms with Crippen LogP contribution in [-0.2, 0) is 4.79 Å². The van der Waals surface area contributed by atoms with Crippen LogP contribution in [0.2, 0.25) is 0 Å². The van der Waals surface area contributed by atoms with Gasteiger partial charge in [0.05, 0.1) is 6.04 Å². The van der Waals surface area contributed by atoms with Crippen LogP contribution in [0.1, 0.15) is 36.4 Å². The third-order valence-corrected chi connectivity index (χ3v) is 5.55. The van der Waals surface area contributed by atoms with Crippen molar-refractivity contribution in [1.82, 2.24) is 10.2 Å². The van der Waals surface area contributed by atoms with Crippen molar-refractivity contribution in [1.29, 1.82) is 0 Å². The van der Waals surface area contributed by atoms with Gasteiger partial charge in [-0.15, -0.1) is 12.4 Å². The number of amides is 1. The summed E-state index contributed by atoms with van der Waals surface area (Å²) in [6.07, 6.45) is 2.87. The smallest absolute Gasteiger partial charge is 0.224 e. The van der Waals surface area contributed by atoms with Gasteiger partial charge < -0.3 is 10.2 Å². The van der Waals surface area contributed by atoms with Crippen molar-refractivity contribution in [2.75, 3.05) is 24.6 Å². The Balaban J connectivity index is 0.00000176. The second kappa shape index (κ2) is 8.23. The minimum Gasteiger partial charge on any atom is -0.336 e. The fraction of sp³-hybridized carbons (Fsp3) is 0.588. The molecule has 0 aromatic heterocycles. The molecule has 3 rings (SSSR count). The van der Waals surface area contributed by atoms with E-state index in [0.717, 1.165) is 31.7 Å². The Morgan fingerprint density at radius 3 is 3.05 bits per heavy atom. The molecule has 2 aliphatic rings. The van der Waals surface area contributed by atoms with Crippen molar-refractivity contribution >= 4 is 30.1 Å². The number of aryl methyl sites for hydroxylation is 1.